The van der Waals surface area contributed by atoms with Gasteiger partial charge in [0.25, 0.3) is 0 Å². The largest absolute Gasteiger partial charge is 0.467 e. The molecule has 1 heterocycles. The van der Waals surface area contributed by atoms with E-state index in [4.69, 9.17) is 15.6 Å². The number of hydrogen-bond acceptors (Lipinski definition) is 8. The lowest BCUT2D eigenvalue weighted by Gasteiger charge is -2.20. The second-order valence-electron chi connectivity index (χ2n) is 3.51. The average molecular weight is 229 g/mol. The number of rotatable bonds is 5. The Hall–Kier alpha value is -1.67. The topological polar surface area (TPSA) is 126 Å². The van der Waals surface area contributed by atoms with Crippen LogP contribution in [0.1, 0.15) is 6.92 Å². The van der Waals surface area contributed by atoms with Gasteiger partial charge in [-0.3, -0.25) is 0 Å². The van der Waals surface area contributed by atoms with Crippen molar-refractivity contribution in [2.24, 2.45) is 0 Å². The number of aliphatic hydroxyl groups is 2. The third kappa shape index (κ3) is 3.48. The van der Waals surface area contributed by atoms with Crippen LogP contribution in [0.5, 0.6) is 6.01 Å². The van der Waals surface area contributed by atoms with Crippen molar-refractivity contribution in [2.75, 3.05) is 31.3 Å². The molecule has 0 saturated heterocycles. The highest BCUT2D eigenvalue weighted by atomic mass is 16.5. The van der Waals surface area contributed by atoms with E-state index in [-0.39, 0.29) is 31.1 Å². The van der Waals surface area contributed by atoms with Crippen LogP contribution in [0.3, 0.4) is 0 Å². The molecule has 1 aromatic rings. The van der Waals surface area contributed by atoms with E-state index in [0.717, 1.165) is 0 Å². The first-order valence-electron chi connectivity index (χ1n) is 4.59. The minimum atomic E-state index is -1.26. The van der Waals surface area contributed by atoms with Crippen LogP contribution in [0, 0.1) is 0 Å². The van der Waals surface area contributed by atoms with Gasteiger partial charge < -0.3 is 26.0 Å². The highest BCUT2D eigenvalue weighted by molar-refractivity contribution is 5.32. The highest BCUT2D eigenvalue weighted by Gasteiger charge is 2.19. The fourth-order valence-corrected chi connectivity index (χ4v) is 0.868. The number of anilines is 2. The maximum Gasteiger partial charge on any atom is 0.322 e. The van der Waals surface area contributed by atoms with Gasteiger partial charge in [-0.1, -0.05) is 0 Å². The predicted molar refractivity (Wildman–Crippen MR) is 57.0 cm³/mol. The fourth-order valence-electron chi connectivity index (χ4n) is 0.868. The van der Waals surface area contributed by atoms with Crippen LogP contribution in [-0.4, -0.2) is 51.0 Å². The maximum absolute atomic E-state index is 9.53. The monoisotopic (exact) mass is 229 g/mol. The van der Waals surface area contributed by atoms with Crippen LogP contribution in [0.15, 0.2) is 0 Å². The van der Waals surface area contributed by atoms with Gasteiger partial charge in [-0.2, -0.15) is 15.0 Å². The van der Waals surface area contributed by atoms with Crippen molar-refractivity contribution in [1.82, 2.24) is 15.0 Å². The zero-order valence-corrected chi connectivity index (χ0v) is 9.14. The quantitative estimate of drug-likeness (QED) is 0.486. The molecule has 90 valence electrons. The lowest BCUT2D eigenvalue weighted by molar-refractivity contribution is 0.0131. The molecular weight excluding hydrogens is 214 g/mol. The van der Waals surface area contributed by atoms with Crippen molar-refractivity contribution in [3.8, 4) is 6.01 Å². The summed E-state index contributed by atoms with van der Waals surface area (Å²) < 4.78 is 4.80. The minimum absolute atomic E-state index is 0.0120. The third-order valence-electron chi connectivity index (χ3n) is 1.78. The minimum Gasteiger partial charge on any atom is -0.467 e. The average Bonchev–Trinajstić information content (AvgIpc) is 2.26. The molecule has 1 aromatic heterocycles. The Morgan fingerprint density at radius 1 is 1.44 bits per heavy atom. The van der Waals surface area contributed by atoms with Crippen molar-refractivity contribution in [3.63, 3.8) is 0 Å². The molecule has 0 radical (unpaired) electrons. The molecule has 1 rings (SSSR count). The van der Waals surface area contributed by atoms with Gasteiger partial charge in [0.1, 0.15) is 5.60 Å². The lowest BCUT2D eigenvalue weighted by atomic mass is 10.1. The van der Waals surface area contributed by atoms with Gasteiger partial charge >= 0.3 is 6.01 Å². The van der Waals surface area contributed by atoms with Crippen LogP contribution in [0.2, 0.25) is 0 Å². The SMILES string of the molecule is COc1nc(N)nc(NCC(C)(O)CO)n1. The molecule has 0 spiro atoms. The van der Waals surface area contributed by atoms with E-state index in [1.54, 1.807) is 0 Å². The van der Waals surface area contributed by atoms with Crippen molar-refractivity contribution in [2.45, 2.75) is 12.5 Å². The van der Waals surface area contributed by atoms with E-state index in [2.05, 4.69) is 20.3 Å². The summed E-state index contributed by atoms with van der Waals surface area (Å²) >= 11 is 0. The predicted octanol–water partition coefficient (Wildman–Crippen LogP) is -1.38. The summed E-state index contributed by atoms with van der Waals surface area (Å²) in [6.45, 7) is 1.18. The van der Waals surface area contributed by atoms with E-state index in [9.17, 15) is 5.11 Å². The summed E-state index contributed by atoms with van der Waals surface area (Å²) in [5.41, 5.74) is 4.16. The van der Waals surface area contributed by atoms with Crippen LogP contribution < -0.4 is 15.8 Å². The van der Waals surface area contributed by atoms with Gasteiger partial charge in [-0.05, 0) is 6.92 Å². The van der Waals surface area contributed by atoms with Crippen molar-refractivity contribution >= 4 is 11.9 Å². The Bertz CT molecular complexity index is 358. The molecule has 0 saturated carbocycles. The van der Waals surface area contributed by atoms with Gasteiger partial charge in [0.15, 0.2) is 0 Å². The van der Waals surface area contributed by atoms with Gasteiger partial charge in [-0.15, -0.1) is 0 Å². The molecule has 0 amide bonds. The van der Waals surface area contributed by atoms with E-state index in [1.807, 2.05) is 0 Å². The zero-order valence-electron chi connectivity index (χ0n) is 9.14. The van der Waals surface area contributed by atoms with Gasteiger partial charge in [0.2, 0.25) is 11.9 Å². The summed E-state index contributed by atoms with van der Waals surface area (Å²) in [5, 5.41) is 21.1. The fraction of sp³-hybridized carbons (Fsp3) is 0.625. The Kier molecular flexibility index (Phi) is 3.80. The van der Waals surface area contributed by atoms with Gasteiger partial charge in [0.05, 0.1) is 13.7 Å². The van der Waals surface area contributed by atoms with Crippen molar-refractivity contribution in [3.05, 3.63) is 0 Å². The number of nitrogens with two attached hydrogens (primary N) is 1. The number of ether oxygens (including phenoxy) is 1. The second-order valence-corrected chi connectivity index (χ2v) is 3.51. The molecular formula is C8H15N5O3. The first-order chi connectivity index (χ1) is 7.46. The van der Waals surface area contributed by atoms with Crippen LogP contribution in [0.4, 0.5) is 11.9 Å². The second kappa shape index (κ2) is 4.90. The number of aliphatic hydroxyl groups excluding tert-OH is 1. The number of nitrogens with one attached hydrogen (secondary N) is 1. The number of nitrogen functional groups attached to an aromatic ring is 1. The summed E-state index contributed by atoms with van der Waals surface area (Å²) in [7, 11) is 1.41. The van der Waals surface area contributed by atoms with Crippen molar-refractivity contribution in [1.29, 1.82) is 0 Å². The van der Waals surface area contributed by atoms with E-state index >= 15 is 0 Å². The van der Waals surface area contributed by atoms with Crippen molar-refractivity contribution < 1.29 is 14.9 Å². The van der Waals surface area contributed by atoms with E-state index in [0.29, 0.717) is 0 Å². The molecule has 0 aromatic carbocycles. The number of hydrogen-bond donors (Lipinski definition) is 4. The Morgan fingerprint density at radius 2 is 2.12 bits per heavy atom. The molecule has 5 N–H and O–H groups in total. The molecule has 0 aliphatic carbocycles. The highest BCUT2D eigenvalue weighted by Crippen LogP contribution is 2.09. The van der Waals surface area contributed by atoms with Crippen LogP contribution in [-0.2, 0) is 0 Å². The molecule has 8 heteroatoms. The summed E-state index contributed by atoms with van der Waals surface area (Å²) in [5.74, 6) is 0.191. The van der Waals surface area contributed by atoms with Crippen LogP contribution in [0.25, 0.3) is 0 Å². The molecule has 16 heavy (non-hydrogen) atoms. The van der Waals surface area contributed by atoms with Crippen LogP contribution >= 0.6 is 0 Å². The molecule has 0 bridgehead atoms. The third-order valence-corrected chi connectivity index (χ3v) is 1.78. The summed E-state index contributed by atoms with van der Waals surface area (Å²) in [4.78, 5) is 11.4. The van der Waals surface area contributed by atoms with Gasteiger partial charge in [0, 0.05) is 6.54 Å². The number of nitrogens with zero attached hydrogens (tertiary/aromatic N) is 3. The lowest BCUT2D eigenvalue weighted by Crippen LogP contribution is -2.37. The van der Waals surface area contributed by atoms with E-state index < -0.39 is 5.60 Å². The molecule has 8 nitrogen and oxygen atoms in total. The Morgan fingerprint density at radius 3 is 2.69 bits per heavy atom. The zero-order chi connectivity index (χ0) is 12.2. The summed E-state index contributed by atoms with van der Waals surface area (Å²) in [6.07, 6.45) is 0. The number of aromatic nitrogens is 3. The first-order valence-corrected chi connectivity index (χ1v) is 4.59. The van der Waals surface area contributed by atoms with E-state index in [1.165, 1.54) is 14.0 Å². The Balaban J connectivity index is 2.70. The maximum atomic E-state index is 9.53. The standard InChI is InChI=1S/C8H15N5O3/c1-8(15,4-14)3-10-6-11-5(9)12-7(13-6)16-2/h14-15H,3-4H2,1-2H3,(H3,9,10,11,12,13). The molecule has 1 unspecified atom stereocenters. The molecule has 0 fully saturated rings. The molecule has 0 aliphatic heterocycles. The van der Waals surface area contributed by atoms with Gasteiger partial charge in [-0.25, -0.2) is 0 Å². The number of methoxy groups -OCH3 is 1. The smallest absolute Gasteiger partial charge is 0.322 e. The normalized spacial score (nSPS) is 14.2. The molecule has 1 atom stereocenters. The Labute approximate surface area is 92.5 Å². The first kappa shape index (κ1) is 12.4. The molecule has 0 aliphatic rings. The summed E-state index contributed by atoms with van der Waals surface area (Å²) in [6, 6.07) is 0.0821.